The lowest BCUT2D eigenvalue weighted by molar-refractivity contribution is -0.132. The summed E-state index contributed by atoms with van der Waals surface area (Å²) < 4.78 is 0. The fourth-order valence-electron chi connectivity index (χ4n) is 1.59. The Hall–Kier alpha value is -1.42. The van der Waals surface area contributed by atoms with Crippen LogP contribution < -0.4 is 5.73 Å². The van der Waals surface area contributed by atoms with Gasteiger partial charge in [-0.25, -0.2) is 0 Å². The van der Waals surface area contributed by atoms with Crippen LogP contribution in [0.3, 0.4) is 0 Å². The summed E-state index contributed by atoms with van der Waals surface area (Å²) in [6.07, 6.45) is 4.36. The Labute approximate surface area is 103 Å². The van der Waals surface area contributed by atoms with Crippen molar-refractivity contribution < 1.29 is 4.79 Å². The minimum atomic E-state index is -0.410. The first-order valence-electron chi connectivity index (χ1n) is 5.95. The lowest BCUT2D eigenvalue weighted by atomic mass is 9.99. The van der Waals surface area contributed by atoms with Gasteiger partial charge in [0.15, 0.2) is 0 Å². The maximum Gasteiger partial charge on any atom is 0.239 e. The van der Waals surface area contributed by atoms with Crippen molar-refractivity contribution in [3.05, 3.63) is 30.1 Å². The molecule has 1 aromatic heterocycles. The molecule has 0 spiro atoms. The molecule has 0 aliphatic carbocycles. The van der Waals surface area contributed by atoms with Gasteiger partial charge in [0.1, 0.15) is 0 Å². The predicted molar refractivity (Wildman–Crippen MR) is 68.1 cm³/mol. The first-order chi connectivity index (χ1) is 8.06. The summed E-state index contributed by atoms with van der Waals surface area (Å²) >= 11 is 0. The van der Waals surface area contributed by atoms with Gasteiger partial charge in [-0.1, -0.05) is 20.3 Å². The Morgan fingerprint density at radius 1 is 1.47 bits per heavy atom. The van der Waals surface area contributed by atoms with Crippen LogP contribution in [0.15, 0.2) is 24.5 Å². The molecule has 0 bridgehead atoms. The van der Waals surface area contributed by atoms with Gasteiger partial charge in [-0.05, 0) is 23.6 Å². The number of likely N-dealkylation sites (N-methyl/N-ethyl adjacent to an activating group) is 1. The van der Waals surface area contributed by atoms with Crippen molar-refractivity contribution >= 4 is 5.91 Å². The third kappa shape index (κ3) is 3.82. The van der Waals surface area contributed by atoms with E-state index in [-0.39, 0.29) is 11.8 Å². The van der Waals surface area contributed by atoms with E-state index in [9.17, 15) is 4.79 Å². The average molecular weight is 235 g/mol. The average Bonchev–Trinajstić information content (AvgIpc) is 2.37. The number of nitrogens with zero attached hydrogens (tertiary/aromatic N) is 2. The van der Waals surface area contributed by atoms with E-state index in [0.717, 1.165) is 12.0 Å². The topological polar surface area (TPSA) is 59.2 Å². The maximum absolute atomic E-state index is 12.0. The number of carbonyl (C=O) groups excluding carboxylic acids is 1. The first-order valence-corrected chi connectivity index (χ1v) is 5.95. The molecule has 4 nitrogen and oxygen atoms in total. The molecule has 1 aromatic rings. The molecule has 2 atom stereocenters. The van der Waals surface area contributed by atoms with Crippen molar-refractivity contribution in [1.29, 1.82) is 0 Å². The summed E-state index contributed by atoms with van der Waals surface area (Å²) in [6.45, 7) is 4.62. The molecular formula is C13H21N3O. The number of amides is 1. The highest BCUT2D eigenvalue weighted by molar-refractivity contribution is 5.81. The Kier molecular flexibility index (Phi) is 5.10. The lowest BCUT2D eigenvalue weighted by Crippen LogP contribution is -2.45. The zero-order chi connectivity index (χ0) is 12.8. The highest BCUT2D eigenvalue weighted by Gasteiger charge is 2.22. The van der Waals surface area contributed by atoms with Crippen LogP contribution in [0.1, 0.15) is 25.8 Å². The summed E-state index contributed by atoms with van der Waals surface area (Å²) in [4.78, 5) is 17.7. The highest BCUT2D eigenvalue weighted by Crippen LogP contribution is 2.09. The molecule has 0 aromatic carbocycles. The van der Waals surface area contributed by atoms with E-state index in [4.69, 9.17) is 5.73 Å². The molecule has 0 fully saturated rings. The van der Waals surface area contributed by atoms with Crippen molar-refractivity contribution in [1.82, 2.24) is 9.88 Å². The van der Waals surface area contributed by atoms with Crippen LogP contribution >= 0.6 is 0 Å². The number of pyridine rings is 1. The SMILES string of the molecule is CC[C@H](C)[C@H](N)C(=O)N(C)Cc1ccncc1. The van der Waals surface area contributed by atoms with Crippen molar-refractivity contribution in [2.45, 2.75) is 32.9 Å². The predicted octanol–water partition coefficient (Wildman–Crippen LogP) is 1.41. The van der Waals surface area contributed by atoms with Crippen molar-refractivity contribution in [2.24, 2.45) is 11.7 Å². The van der Waals surface area contributed by atoms with Gasteiger partial charge >= 0.3 is 0 Å². The largest absolute Gasteiger partial charge is 0.340 e. The van der Waals surface area contributed by atoms with Gasteiger partial charge in [-0.2, -0.15) is 0 Å². The number of carbonyl (C=O) groups is 1. The maximum atomic E-state index is 12.0. The third-order valence-corrected chi connectivity index (χ3v) is 3.09. The molecule has 0 aliphatic rings. The smallest absolute Gasteiger partial charge is 0.239 e. The molecule has 0 aliphatic heterocycles. The first kappa shape index (κ1) is 13.6. The molecule has 0 saturated heterocycles. The van der Waals surface area contributed by atoms with E-state index in [1.54, 1.807) is 24.3 Å². The quantitative estimate of drug-likeness (QED) is 0.839. The van der Waals surface area contributed by atoms with E-state index in [1.807, 2.05) is 26.0 Å². The van der Waals surface area contributed by atoms with Crippen LogP contribution in [-0.2, 0) is 11.3 Å². The van der Waals surface area contributed by atoms with Gasteiger partial charge in [-0.15, -0.1) is 0 Å². The van der Waals surface area contributed by atoms with Crippen molar-refractivity contribution in [3.8, 4) is 0 Å². The Bertz CT molecular complexity index is 353. The van der Waals surface area contributed by atoms with Crippen molar-refractivity contribution in [2.75, 3.05) is 7.05 Å². The zero-order valence-corrected chi connectivity index (χ0v) is 10.8. The molecule has 4 heteroatoms. The van der Waals surface area contributed by atoms with E-state index >= 15 is 0 Å². The second-order valence-electron chi connectivity index (χ2n) is 4.46. The van der Waals surface area contributed by atoms with Crippen LogP contribution in [-0.4, -0.2) is 28.9 Å². The standard InChI is InChI=1S/C13H21N3O/c1-4-10(2)12(14)13(17)16(3)9-11-5-7-15-8-6-11/h5-8,10,12H,4,9,14H2,1-3H3/t10-,12-/m0/s1. The summed E-state index contributed by atoms with van der Waals surface area (Å²) in [7, 11) is 1.78. The highest BCUT2D eigenvalue weighted by atomic mass is 16.2. The lowest BCUT2D eigenvalue weighted by Gasteiger charge is -2.24. The normalized spacial score (nSPS) is 14.1. The van der Waals surface area contributed by atoms with Gasteiger partial charge in [0.05, 0.1) is 6.04 Å². The van der Waals surface area contributed by atoms with Gasteiger partial charge in [0, 0.05) is 26.0 Å². The molecule has 0 radical (unpaired) electrons. The molecule has 1 rings (SSSR count). The summed E-state index contributed by atoms with van der Waals surface area (Å²) in [5.74, 6) is 0.207. The van der Waals surface area contributed by atoms with Gasteiger partial charge in [0.2, 0.25) is 5.91 Å². The molecule has 94 valence electrons. The molecule has 0 unspecified atom stereocenters. The zero-order valence-electron chi connectivity index (χ0n) is 10.8. The van der Waals surface area contributed by atoms with Crippen molar-refractivity contribution in [3.63, 3.8) is 0 Å². The van der Waals surface area contributed by atoms with E-state index in [0.29, 0.717) is 6.54 Å². The fraction of sp³-hybridized carbons (Fsp3) is 0.538. The van der Waals surface area contributed by atoms with Crippen LogP contribution in [0.25, 0.3) is 0 Å². The molecular weight excluding hydrogens is 214 g/mol. The summed E-state index contributed by atoms with van der Waals surface area (Å²) in [5.41, 5.74) is 6.98. The van der Waals surface area contributed by atoms with Crippen LogP contribution in [0.4, 0.5) is 0 Å². The number of hydrogen-bond acceptors (Lipinski definition) is 3. The molecule has 1 heterocycles. The number of nitrogens with two attached hydrogens (primary N) is 1. The van der Waals surface area contributed by atoms with E-state index in [1.165, 1.54) is 0 Å². The Balaban J connectivity index is 2.58. The fourth-order valence-corrected chi connectivity index (χ4v) is 1.59. The van der Waals surface area contributed by atoms with Crippen LogP contribution in [0.2, 0.25) is 0 Å². The summed E-state index contributed by atoms with van der Waals surface area (Å²) in [5, 5.41) is 0. The monoisotopic (exact) mass is 235 g/mol. The minimum absolute atomic E-state index is 0.00355. The molecule has 2 N–H and O–H groups in total. The molecule has 1 amide bonds. The molecule has 0 saturated carbocycles. The van der Waals surface area contributed by atoms with Crippen LogP contribution in [0.5, 0.6) is 0 Å². The van der Waals surface area contributed by atoms with Crippen LogP contribution in [0, 0.1) is 5.92 Å². The number of aromatic nitrogens is 1. The molecule has 17 heavy (non-hydrogen) atoms. The summed E-state index contributed by atoms with van der Waals surface area (Å²) in [6, 6.07) is 3.39. The van der Waals surface area contributed by atoms with Gasteiger partial charge in [0.25, 0.3) is 0 Å². The number of hydrogen-bond donors (Lipinski definition) is 1. The Morgan fingerprint density at radius 3 is 2.59 bits per heavy atom. The Morgan fingerprint density at radius 2 is 2.06 bits per heavy atom. The third-order valence-electron chi connectivity index (χ3n) is 3.09. The minimum Gasteiger partial charge on any atom is -0.340 e. The number of rotatable bonds is 5. The van der Waals surface area contributed by atoms with Gasteiger partial charge in [-0.3, -0.25) is 9.78 Å². The second kappa shape index (κ2) is 6.35. The van der Waals surface area contributed by atoms with E-state index in [2.05, 4.69) is 4.98 Å². The van der Waals surface area contributed by atoms with E-state index < -0.39 is 6.04 Å². The second-order valence-corrected chi connectivity index (χ2v) is 4.46. The van der Waals surface area contributed by atoms with Gasteiger partial charge < -0.3 is 10.6 Å².